The molecule has 30 heavy (non-hydrogen) atoms. The molecule has 6 heteroatoms. The molecule has 6 nitrogen and oxygen atoms in total. The Balaban J connectivity index is 1.44. The zero-order valence-electron chi connectivity index (χ0n) is 17.5. The van der Waals surface area contributed by atoms with Crippen LogP contribution in [0.1, 0.15) is 36.4 Å². The molecule has 2 heterocycles. The molecule has 1 fully saturated rings. The van der Waals surface area contributed by atoms with Crippen LogP contribution in [0.25, 0.3) is 5.69 Å². The first-order chi connectivity index (χ1) is 14.7. The molecule has 1 aromatic heterocycles. The van der Waals surface area contributed by atoms with Gasteiger partial charge in [-0.1, -0.05) is 18.2 Å². The summed E-state index contributed by atoms with van der Waals surface area (Å²) in [6.07, 6.45) is 6.89. The lowest BCUT2D eigenvalue weighted by Crippen LogP contribution is -2.30. The number of rotatable bonds is 7. The summed E-state index contributed by atoms with van der Waals surface area (Å²) < 4.78 is 12.8. The van der Waals surface area contributed by atoms with E-state index in [2.05, 4.69) is 5.10 Å². The van der Waals surface area contributed by atoms with E-state index in [0.717, 1.165) is 47.7 Å². The molecule has 156 valence electrons. The van der Waals surface area contributed by atoms with Crippen LogP contribution < -0.4 is 9.47 Å². The summed E-state index contributed by atoms with van der Waals surface area (Å²) >= 11 is 0. The zero-order valence-corrected chi connectivity index (χ0v) is 17.5. The van der Waals surface area contributed by atoms with Gasteiger partial charge in [0.2, 0.25) is 5.91 Å². The van der Waals surface area contributed by atoms with Crippen LogP contribution in [0.15, 0.2) is 60.9 Å². The van der Waals surface area contributed by atoms with Gasteiger partial charge in [0.15, 0.2) is 0 Å². The fourth-order valence-corrected chi connectivity index (χ4v) is 4.09. The number of carbonyl (C=O) groups is 1. The second-order valence-electron chi connectivity index (χ2n) is 7.48. The highest BCUT2D eigenvalue weighted by Crippen LogP contribution is 2.39. The molecule has 2 aromatic carbocycles. The van der Waals surface area contributed by atoms with Crippen LogP contribution in [-0.4, -0.2) is 41.4 Å². The molecular formula is C24H27N3O3. The fourth-order valence-electron chi connectivity index (χ4n) is 4.09. The molecule has 1 aliphatic rings. The van der Waals surface area contributed by atoms with Crippen molar-refractivity contribution in [1.82, 2.24) is 14.7 Å². The lowest BCUT2D eigenvalue weighted by molar-refractivity contribution is -0.132. The lowest BCUT2D eigenvalue weighted by atomic mass is 10.0. The molecule has 4 rings (SSSR count). The first-order valence-electron chi connectivity index (χ1n) is 10.3. The van der Waals surface area contributed by atoms with Crippen LogP contribution in [0.2, 0.25) is 0 Å². The van der Waals surface area contributed by atoms with Gasteiger partial charge in [-0.2, -0.15) is 5.10 Å². The van der Waals surface area contributed by atoms with E-state index < -0.39 is 0 Å². The molecule has 0 radical (unpaired) electrons. The van der Waals surface area contributed by atoms with Gasteiger partial charge in [-0.25, -0.2) is 4.68 Å². The number of hydrogen-bond donors (Lipinski definition) is 0. The molecule has 1 amide bonds. The van der Waals surface area contributed by atoms with Crippen LogP contribution >= 0.6 is 0 Å². The molecule has 3 aromatic rings. The first-order valence-corrected chi connectivity index (χ1v) is 10.3. The number of ether oxygens (including phenoxy) is 2. The fraction of sp³-hybridized carbons (Fsp3) is 0.333. The van der Waals surface area contributed by atoms with E-state index in [0.29, 0.717) is 12.8 Å². The molecule has 0 spiro atoms. The molecule has 0 N–H and O–H groups in total. The summed E-state index contributed by atoms with van der Waals surface area (Å²) in [6.45, 7) is 0.771. The number of benzene rings is 2. The van der Waals surface area contributed by atoms with Gasteiger partial charge in [0.1, 0.15) is 11.5 Å². The van der Waals surface area contributed by atoms with E-state index in [1.165, 1.54) is 0 Å². The average Bonchev–Trinajstić information content (AvgIpc) is 3.47. The lowest BCUT2D eigenvalue weighted by Gasteiger charge is -2.26. The third-order valence-electron chi connectivity index (χ3n) is 5.65. The number of likely N-dealkylation sites (tertiary alicyclic amines) is 1. The summed E-state index contributed by atoms with van der Waals surface area (Å²) in [6, 6.07) is 15.8. The van der Waals surface area contributed by atoms with Crippen molar-refractivity contribution in [3.63, 3.8) is 0 Å². The normalized spacial score (nSPS) is 15.9. The molecule has 1 aliphatic heterocycles. The van der Waals surface area contributed by atoms with Crippen molar-refractivity contribution < 1.29 is 14.3 Å². The standard InChI is InChI=1S/C24H27N3O3/c1-29-20-11-12-23(30-2)21(15-20)22-9-6-14-26(22)24(28)13-10-18-16-25-27(17-18)19-7-4-3-5-8-19/h3-5,7-8,11-12,15-17,22H,6,9-10,13-14H2,1-2H3. The monoisotopic (exact) mass is 405 g/mol. The number of aryl methyl sites for hydroxylation is 1. The SMILES string of the molecule is COc1ccc(OC)c(C2CCCN2C(=O)CCc2cnn(-c3ccccc3)c2)c1. The third kappa shape index (κ3) is 4.17. The van der Waals surface area contributed by atoms with Crippen molar-refractivity contribution in [2.75, 3.05) is 20.8 Å². The summed E-state index contributed by atoms with van der Waals surface area (Å²) in [5.74, 6) is 1.73. The molecule has 0 saturated carbocycles. The van der Waals surface area contributed by atoms with Gasteiger partial charge in [-0.05, 0) is 55.2 Å². The van der Waals surface area contributed by atoms with Crippen molar-refractivity contribution in [3.05, 3.63) is 72.1 Å². The summed E-state index contributed by atoms with van der Waals surface area (Å²) in [5, 5.41) is 4.43. The highest BCUT2D eigenvalue weighted by atomic mass is 16.5. The third-order valence-corrected chi connectivity index (χ3v) is 5.65. The zero-order chi connectivity index (χ0) is 20.9. The Morgan fingerprint density at radius 1 is 1.13 bits per heavy atom. The molecule has 0 aliphatic carbocycles. The number of para-hydroxylation sites is 1. The van der Waals surface area contributed by atoms with E-state index in [-0.39, 0.29) is 11.9 Å². The Kier molecular flexibility index (Phi) is 6.02. The Hall–Kier alpha value is -3.28. The van der Waals surface area contributed by atoms with Crippen LogP contribution in [0.5, 0.6) is 11.5 Å². The Bertz CT molecular complexity index is 1000. The van der Waals surface area contributed by atoms with Crippen molar-refractivity contribution in [1.29, 1.82) is 0 Å². The van der Waals surface area contributed by atoms with Gasteiger partial charge in [-0.3, -0.25) is 4.79 Å². The van der Waals surface area contributed by atoms with Crippen molar-refractivity contribution in [3.8, 4) is 17.2 Å². The number of amides is 1. The minimum absolute atomic E-state index is 0.0228. The maximum absolute atomic E-state index is 13.1. The molecule has 1 atom stereocenters. The first kappa shape index (κ1) is 20.0. The number of methoxy groups -OCH3 is 2. The topological polar surface area (TPSA) is 56.6 Å². The average molecular weight is 405 g/mol. The molecule has 1 saturated heterocycles. The predicted octanol–water partition coefficient (Wildman–Crippen LogP) is 4.19. The number of carbonyl (C=O) groups excluding carboxylic acids is 1. The van der Waals surface area contributed by atoms with Gasteiger partial charge in [0.05, 0.1) is 32.1 Å². The van der Waals surface area contributed by atoms with Gasteiger partial charge < -0.3 is 14.4 Å². The van der Waals surface area contributed by atoms with E-state index in [4.69, 9.17) is 9.47 Å². The van der Waals surface area contributed by atoms with E-state index in [1.54, 1.807) is 14.2 Å². The largest absolute Gasteiger partial charge is 0.497 e. The summed E-state index contributed by atoms with van der Waals surface area (Å²) in [4.78, 5) is 15.0. The van der Waals surface area contributed by atoms with Crippen LogP contribution in [-0.2, 0) is 11.2 Å². The maximum atomic E-state index is 13.1. The number of hydrogen-bond acceptors (Lipinski definition) is 4. The van der Waals surface area contributed by atoms with Gasteiger partial charge in [0.25, 0.3) is 0 Å². The quantitative estimate of drug-likeness (QED) is 0.592. The van der Waals surface area contributed by atoms with Gasteiger partial charge in [0, 0.05) is 24.7 Å². The highest BCUT2D eigenvalue weighted by Gasteiger charge is 2.31. The van der Waals surface area contributed by atoms with Crippen LogP contribution in [0.3, 0.4) is 0 Å². The van der Waals surface area contributed by atoms with Crippen LogP contribution in [0, 0.1) is 0 Å². The second kappa shape index (κ2) is 9.03. The minimum atomic E-state index is 0.0228. The Morgan fingerprint density at radius 2 is 1.97 bits per heavy atom. The minimum Gasteiger partial charge on any atom is -0.497 e. The Labute approximate surface area is 177 Å². The predicted molar refractivity (Wildman–Crippen MR) is 115 cm³/mol. The van der Waals surface area contributed by atoms with E-state index in [1.807, 2.05) is 70.5 Å². The maximum Gasteiger partial charge on any atom is 0.223 e. The highest BCUT2D eigenvalue weighted by molar-refractivity contribution is 5.77. The van der Waals surface area contributed by atoms with Gasteiger partial charge in [-0.15, -0.1) is 0 Å². The number of aromatic nitrogens is 2. The van der Waals surface area contributed by atoms with Crippen molar-refractivity contribution in [2.24, 2.45) is 0 Å². The van der Waals surface area contributed by atoms with Crippen LogP contribution in [0.4, 0.5) is 0 Å². The van der Waals surface area contributed by atoms with E-state index in [9.17, 15) is 4.79 Å². The second-order valence-corrected chi connectivity index (χ2v) is 7.48. The number of nitrogens with zero attached hydrogens (tertiary/aromatic N) is 3. The smallest absolute Gasteiger partial charge is 0.223 e. The molecular weight excluding hydrogens is 378 g/mol. The summed E-state index contributed by atoms with van der Waals surface area (Å²) in [5.41, 5.74) is 3.08. The van der Waals surface area contributed by atoms with Crippen molar-refractivity contribution in [2.45, 2.75) is 31.7 Å². The van der Waals surface area contributed by atoms with E-state index >= 15 is 0 Å². The van der Waals surface area contributed by atoms with Crippen molar-refractivity contribution >= 4 is 5.91 Å². The summed E-state index contributed by atoms with van der Waals surface area (Å²) in [7, 11) is 3.32. The Morgan fingerprint density at radius 3 is 2.73 bits per heavy atom. The molecule has 0 bridgehead atoms. The molecule has 1 unspecified atom stereocenters. The van der Waals surface area contributed by atoms with Gasteiger partial charge >= 0.3 is 0 Å².